The zero-order chi connectivity index (χ0) is 30.5. The normalized spacial score (nSPS) is 16.6. The van der Waals surface area contributed by atoms with Gasteiger partial charge in [-0.3, -0.25) is 9.69 Å². The van der Waals surface area contributed by atoms with E-state index in [-0.39, 0.29) is 12.1 Å². The molecule has 3 aromatic carbocycles. The Morgan fingerprint density at radius 3 is 2.41 bits per heavy atom. The SMILES string of the molecule is O=C(N[C@H](CC1=CC=C(Cl)CC1)C(=O)O)c1cc([NH+]2CCCc3ccccc32)nc(-c2ccc(Oc3ccccc3)cc2)n1. The van der Waals surface area contributed by atoms with Gasteiger partial charge in [0.25, 0.3) is 5.91 Å². The van der Waals surface area contributed by atoms with E-state index in [0.29, 0.717) is 35.8 Å². The third kappa shape index (κ3) is 6.88. The second-order valence-corrected chi connectivity index (χ2v) is 11.4. The molecule has 6 rings (SSSR count). The van der Waals surface area contributed by atoms with Crippen LogP contribution in [0, 0.1) is 0 Å². The lowest BCUT2D eigenvalue weighted by molar-refractivity contribution is -0.766. The molecule has 2 aliphatic rings. The summed E-state index contributed by atoms with van der Waals surface area (Å²) in [5, 5.41) is 13.4. The molecule has 0 spiro atoms. The molecule has 9 heteroatoms. The topological polar surface area (TPSA) is 106 Å². The molecular weight excluding hydrogens is 576 g/mol. The van der Waals surface area contributed by atoms with E-state index in [2.05, 4.69) is 22.4 Å². The van der Waals surface area contributed by atoms with Gasteiger partial charge in [0.15, 0.2) is 5.82 Å². The number of fused-ring (bicyclic) bond motifs is 1. The van der Waals surface area contributed by atoms with Crippen molar-refractivity contribution in [3.8, 4) is 22.9 Å². The quantitative estimate of drug-likeness (QED) is 0.211. The van der Waals surface area contributed by atoms with Crippen molar-refractivity contribution in [3.63, 3.8) is 0 Å². The van der Waals surface area contributed by atoms with E-state index in [4.69, 9.17) is 21.3 Å². The second-order valence-electron chi connectivity index (χ2n) is 10.9. The van der Waals surface area contributed by atoms with Crippen molar-refractivity contribution in [2.24, 2.45) is 0 Å². The van der Waals surface area contributed by atoms with Crippen LogP contribution >= 0.6 is 11.6 Å². The number of hydrogen-bond donors (Lipinski definition) is 3. The van der Waals surface area contributed by atoms with Crippen molar-refractivity contribution in [2.45, 2.75) is 38.1 Å². The fourth-order valence-corrected chi connectivity index (χ4v) is 5.71. The van der Waals surface area contributed by atoms with Crippen LogP contribution in [0.1, 0.15) is 41.7 Å². The van der Waals surface area contributed by atoms with E-state index in [1.807, 2.05) is 72.8 Å². The first-order chi connectivity index (χ1) is 21.4. The minimum absolute atomic E-state index is 0.108. The van der Waals surface area contributed by atoms with Crippen LogP contribution in [0.3, 0.4) is 0 Å². The average Bonchev–Trinajstić information content (AvgIpc) is 3.05. The van der Waals surface area contributed by atoms with Gasteiger partial charge in [-0.15, -0.1) is 0 Å². The molecule has 1 amide bonds. The minimum Gasteiger partial charge on any atom is -0.480 e. The zero-order valence-electron chi connectivity index (χ0n) is 24.0. The van der Waals surface area contributed by atoms with Gasteiger partial charge in [0.2, 0.25) is 5.82 Å². The summed E-state index contributed by atoms with van der Waals surface area (Å²) in [5.41, 5.74) is 4.08. The summed E-state index contributed by atoms with van der Waals surface area (Å²) >= 11 is 6.07. The van der Waals surface area contributed by atoms with Crippen LogP contribution in [0.4, 0.5) is 11.5 Å². The van der Waals surface area contributed by atoms with E-state index in [1.165, 1.54) is 5.56 Å². The van der Waals surface area contributed by atoms with Crippen molar-refractivity contribution in [3.05, 3.63) is 119 Å². The Bertz CT molecular complexity index is 1740. The van der Waals surface area contributed by atoms with Crippen LogP contribution in [0.2, 0.25) is 0 Å². The van der Waals surface area contributed by atoms with Crippen molar-refractivity contribution >= 4 is 35.0 Å². The van der Waals surface area contributed by atoms with Crippen molar-refractivity contribution in [1.82, 2.24) is 15.3 Å². The first-order valence-corrected chi connectivity index (χ1v) is 15.1. The number of ether oxygens (including phenoxy) is 1. The summed E-state index contributed by atoms with van der Waals surface area (Å²) in [6, 6.07) is 25.7. The molecular formula is C35H32ClN4O4+. The molecule has 1 aliphatic heterocycles. The van der Waals surface area contributed by atoms with Gasteiger partial charge in [-0.1, -0.05) is 59.6 Å². The number of aryl methyl sites for hydroxylation is 1. The molecule has 2 heterocycles. The maximum absolute atomic E-state index is 13.6. The Balaban J connectivity index is 1.32. The summed E-state index contributed by atoms with van der Waals surface area (Å²) in [7, 11) is 0. The molecule has 0 radical (unpaired) electrons. The highest BCUT2D eigenvalue weighted by Crippen LogP contribution is 2.27. The minimum atomic E-state index is -1.11. The lowest BCUT2D eigenvalue weighted by atomic mass is 9.97. The van der Waals surface area contributed by atoms with E-state index < -0.39 is 17.9 Å². The smallest absolute Gasteiger partial charge is 0.326 e. The third-order valence-electron chi connectivity index (χ3n) is 7.83. The number of nitrogens with zero attached hydrogens (tertiary/aromatic N) is 2. The Morgan fingerprint density at radius 2 is 1.66 bits per heavy atom. The van der Waals surface area contributed by atoms with Crippen LogP contribution in [0.15, 0.2) is 108 Å². The number of allylic oxidation sites excluding steroid dienone is 3. The zero-order valence-corrected chi connectivity index (χ0v) is 24.8. The van der Waals surface area contributed by atoms with Gasteiger partial charge < -0.3 is 15.2 Å². The Kier molecular flexibility index (Phi) is 8.81. The highest BCUT2D eigenvalue weighted by molar-refractivity contribution is 6.29. The monoisotopic (exact) mass is 607 g/mol. The Labute approximate surface area is 260 Å². The molecule has 4 aromatic rings. The van der Waals surface area contributed by atoms with Gasteiger partial charge >= 0.3 is 5.97 Å². The fourth-order valence-electron chi connectivity index (χ4n) is 5.55. The number of amides is 1. The molecule has 3 N–H and O–H groups in total. The van der Waals surface area contributed by atoms with Gasteiger partial charge in [0.05, 0.1) is 12.6 Å². The maximum Gasteiger partial charge on any atom is 0.326 e. The summed E-state index contributed by atoms with van der Waals surface area (Å²) in [6.07, 6.45) is 7.04. The number of carboxylic acid groups (broad SMARTS) is 1. The lowest BCUT2D eigenvalue weighted by Crippen LogP contribution is -3.03. The number of aromatic nitrogens is 2. The second kappa shape index (κ2) is 13.2. The predicted molar refractivity (Wildman–Crippen MR) is 169 cm³/mol. The number of carboxylic acids is 1. The third-order valence-corrected chi connectivity index (χ3v) is 8.14. The number of rotatable bonds is 9. The van der Waals surface area contributed by atoms with Gasteiger partial charge in [0.1, 0.15) is 28.9 Å². The summed E-state index contributed by atoms with van der Waals surface area (Å²) in [5.74, 6) is 0.720. The summed E-state index contributed by atoms with van der Waals surface area (Å²) < 4.78 is 5.94. The average molecular weight is 608 g/mol. The molecule has 1 aromatic heterocycles. The summed E-state index contributed by atoms with van der Waals surface area (Å²) in [6.45, 7) is 0.806. The van der Waals surface area contributed by atoms with Crippen molar-refractivity contribution in [1.29, 1.82) is 0 Å². The number of halogens is 1. The first-order valence-electron chi connectivity index (χ1n) is 14.7. The fraction of sp³-hybridized carbons (Fsp3) is 0.200. The van der Waals surface area contributed by atoms with Gasteiger partial charge in [-0.05, 0) is 74.2 Å². The summed E-state index contributed by atoms with van der Waals surface area (Å²) in [4.78, 5) is 36.4. The molecule has 44 heavy (non-hydrogen) atoms. The number of aliphatic carboxylic acids is 1. The van der Waals surface area contributed by atoms with Crippen LogP contribution in [0.5, 0.6) is 11.5 Å². The number of benzene rings is 3. The Morgan fingerprint density at radius 1 is 0.909 bits per heavy atom. The van der Waals surface area contributed by atoms with E-state index in [0.717, 1.165) is 46.3 Å². The number of para-hydroxylation sites is 2. The molecule has 8 nitrogen and oxygen atoms in total. The molecule has 1 unspecified atom stereocenters. The highest BCUT2D eigenvalue weighted by atomic mass is 35.5. The molecule has 1 aliphatic carbocycles. The molecule has 222 valence electrons. The highest BCUT2D eigenvalue weighted by Gasteiger charge is 2.29. The molecule has 0 saturated heterocycles. The van der Waals surface area contributed by atoms with Gasteiger partial charge in [-0.25, -0.2) is 9.78 Å². The van der Waals surface area contributed by atoms with Crippen LogP contribution in [-0.4, -0.2) is 39.5 Å². The number of hydrogen-bond acceptors (Lipinski definition) is 5. The van der Waals surface area contributed by atoms with Crippen LogP contribution < -0.4 is 15.0 Å². The lowest BCUT2D eigenvalue weighted by Gasteiger charge is -2.25. The Hall–Kier alpha value is -4.79. The van der Waals surface area contributed by atoms with E-state index in [1.54, 1.807) is 12.1 Å². The number of quaternary nitrogens is 1. The standard InChI is InChI=1S/C35H31ClN4O4/c36-26-16-12-23(13-17-26)21-30(35(42)43)38-34(41)29-22-32(40-20-6-8-24-7-4-5-11-31(24)40)39-33(37-29)25-14-18-28(19-15-25)44-27-9-2-1-3-10-27/h1-5,7,9-12,14-16,18-19,22,30H,6,8,13,17,20-21H2,(H,38,41)(H,42,43)/p+1/t30-/m1/s1. The first kappa shape index (κ1) is 29.3. The van der Waals surface area contributed by atoms with Crippen LogP contribution in [0.25, 0.3) is 11.4 Å². The molecule has 2 atom stereocenters. The largest absolute Gasteiger partial charge is 0.480 e. The molecule has 0 fully saturated rings. The van der Waals surface area contributed by atoms with E-state index in [9.17, 15) is 14.7 Å². The van der Waals surface area contributed by atoms with Crippen LogP contribution in [-0.2, 0) is 11.2 Å². The van der Waals surface area contributed by atoms with Gasteiger partial charge in [-0.2, -0.15) is 4.98 Å². The molecule has 0 bridgehead atoms. The number of carbonyl (C=O) groups excluding carboxylic acids is 1. The van der Waals surface area contributed by atoms with Crippen molar-refractivity contribution < 1.29 is 24.3 Å². The number of nitrogens with one attached hydrogen (secondary N) is 2. The predicted octanol–water partition coefficient (Wildman–Crippen LogP) is 6.15. The maximum atomic E-state index is 13.6. The van der Waals surface area contributed by atoms with Gasteiger partial charge in [0, 0.05) is 22.6 Å². The molecule has 0 saturated carbocycles. The van der Waals surface area contributed by atoms with Crippen molar-refractivity contribution in [2.75, 3.05) is 6.54 Å². The number of carbonyl (C=O) groups is 2. The van der Waals surface area contributed by atoms with E-state index >= 15 is 0 Å².